The van der Waals surface area contributed by atoms with Gasteiger partial charge in [-0.3, -0.25) is 14.2 Å². The van der Waals surface area contributed by atoms with Crippen LogP contribution in [0.15, 0.2) is 84.9 Å². The van der Waals surface area contributed by atoms with Crippen molar-refractivity contribution in [3.8, 4) is 11.1 Å². The summed E-state index contributed by atoms with van der Waals surface area (Å²) in [6.07, 6.45) is 0.518. The zero-order valence-corrected chi connectivity index (χ0v) is 20.0. The van der Waals surface area contributed by atoms with E-state index in [0.29, 0.717) is 6.42 Å². The molecule has 34 heavy (non-hydrogen) atoms. The van der Waals surface area contributed by atoms with Crippen LogP contribution >= 0.6 is 7.37 Å². The van der Waals surface area contributed by atoms with Gasteiger partial charge in [0.15, 0.2) is 0 Å². The molecule has 0 heterocycles. The Bertz CT molecular complexity index is 1130. The number of hydrogen-bond donors (Lipinski definition) is 3. The molecular weight excluding hydrogens is 449 g/mol. The van der Waals surface area contributed by atoms with Crippen LogP contribution in [-0.4, -0.2) is 40.2 Å². The van der Waals surface area contributed by atoms with E-state index in [2.05, 4.69) is 5.32 Å². The lowest BCUT2D eigenvalue weighted by Gasteiger charge is -2.22. The highest BCUT2D eigenvalue weighted by Gasteiger charge is 2.30. The van der Waals surface area contributed by atoms with Crippen LogP contribution in [0.25, 0.3) is 11.1 Å². The van der Waals surface area contributed by atoms with Gasteiger partial charge in [-0.15, -0.1) is 0 Å². The Kier molecular flexibility index (Phi) is 8.80. The molecule has 3 atom stereocenters. The van der Waals surface area contributed by atoms with Crippen LogP contribution in [0.2, 0.25) is 0 Å². The number of carboxylic acid groups (broad SMARTS) is 1. The molecule has 0 bridgehead atoms. The molecule has 0 fully saturated rings. The smallest absolute Gasteiger partial charge is 0.325 e. The topological polar surface area (TPSA) is 104 Å². The number of carbonyl (C=O) groups is 2. The molecule has 3 aromatic carbocycles. The van der Waals surface area contributed by atoms with Gasteiger partial charge in [0, 0.05) is 12.3 Å². The van der Waals surface area contributed by atoms with Gasteiger partial charge < -0.3 is 15.3 Å². The van der Waals surface area contributed by atoms with Gasteiger partial charge >= 0.3 is 5.97 Å². The predicted octanol–water partition coefficient (Wildman–Crippen LogP) is 4.61. The fraction of sp³-hybridized carbons (Fsp3) is 0.259. The van der Waals surface area contributed by atoms with Crippen molar-refractivity contribution in [1.29, 1.82) is 0 Å². The second kappa shape index (κ2) is 11.8. The van der Waals surface area contributed by atoms with Crippen molar-refractivity contribution >= 4 is 19.2 Å². The largest absolute Gasteiger partial charge is 0.480 e. The van der Waals surface area contributed by atoms with Crippen LogP contribution in [-0.2, 0) is 27.0 Å². The molecule has 6 nitrogen and oxygen atoms in total. The monoisotopic (exact) mass is 479 g/mol. The first-order valence-corrected chi connectivity index (χ1v) is 13.3. The fourth-order valence-corrected chi connectivity index (χ4v) is 5.54. The van der Waals surface area contributed by atoms with E-state index in [1.165, 1.54) is 6.92 Å². The molecular formula is C27H30NO5P. The Hall–Kier alpha value is -3.21. The number of amides is 1. The van der Waals surface area contributed by atoms with Crippen molar-refractivity contribution in [2.75, 3.05) is 12.3 Å². The predicted molar refractivity (Wildman–Crippen MR) is 134 cm³/mol. The van der Waals surface area contributed by atoms with Crippen molar-refractivity contribution in [2.24, 2.45) is 5.92 Å². The van der Waals surface area contributed by atoms with Crippen molar-refractivity contribution in [1.82, 2.24) is 5.32 Å². The van der Waals surface area contributed by atoms with Crippen LogP contribution < -0.4 is 5.32 Å². The molecule has 0 aliphatic heterocycles. The minimum atomic E-state index is -3.64. The fourth-order valence-electron chi connectivity index (χ4n) is 3.77. The quantitative estimate of drug-likeness (QED) is 0.349. The van der Waals surface area contributed by atoms with Crippen molar-refractivity contribution in [3.05, 3.63) is 96.1 Å². The summed E-state index contributed by atoms with van der Waals surface area (Å²) in [5, 5.41) is 11.6. The number of aliphatic carboxylic acids is 1. The molecule has 0 spiro atoms. The van der Waals surface area contributed by atoms with Crippen molar-refractivity contribution < 1.29 is 24.2 Å². The summed E-state index contributed by atoms with van der Waals surface area (Å²) in [5.41, 5.74) is 3.89. The van der Waals surface area contributed by atoms with Gasteiger partial charge in [0.2, 0.25) is 13.3 Å². The van der Waals surface area contributed by atoms with Gasteiger partial charge in [-0.25, -0.2) is 0 Å². The standard InChI is InChI=1S/C27H30NO5P/c1-20(27(30)31)28-26(29)25(19-34(32,33)17-16-21-8-4-2-5-9-21)18-22-12-14-24(15-13-22)23-10-6-3-7-11-23/h2-15,20,25H,16-19H2,1H3,(H,28,29)(H,30,31)(H,32,33)/t20-,25?/m0/s1. The van der Waals surface area contributed by atoms with E-state index >= 15 is 0 Å². The van der Waals surface area contributed by atoms with Crippen LogP contribution in [0, 0.1) is 5.92 Å². The maximum absolute atomic E-state index is 13.0. The lowest BCUT2D eigenvalue weighted by molar-refractivity contribution is -0.141. The summed E-state index contributed by atoms with van der Waals surface area (Å²) >= 11 is 0. The number of carboxylic acids is 1. The Morgan fingerprint density at radius 1 is 0.853 bits per heavy atom. The third-order valence-electron chi connectivity index (χ3n) is 5.74. The SMILES string of the molecule is C[C@H](NC(=O)C(Cc1ccc(-c2ccccc2)cc1)CP(=O)(O)CCc1ccccc1)C(=O)O. The number of rotatable bonds is 11. The van der Waals surface area contributed by atoms with Crippen LogP contribution in [0.4, 0.5) is 0 Å². The molecule has 178 valence electrons. The molecule has 0 aliphatic carbocycles. The van der Waals surface area contributed by atoms with Crippen molar-refractivity contribution in [2.45, 2.75) is 25.8 Å². The maximum atomic E-state index is 13.0. The van der Waals surface area contributed by atoms with Gasteiger partial charge in [0.1, 0.15) is 6.04 Å². The third-order valence-corrected chi connectivity index (χ3v) is 7.68. The first kappa shape index (κ1) is 25.4. The van der Waals surface area contributed by atoms with E-state index in [-0.39, 0.29) is 18.7 Å². The van der Waals surface area contributed by atoms with E-state index in [1.807, 2.05) is 84.9 Å². The molecule has 0 aromatic heterocycles. The molecule has 1 amide bonds. The minimum Gasteiger partial charge on any atom is -0.480 e. The summed E-state index contributed by atoms with van der Waals surface area (Å²) in [6.45, 7) is 1.37. The Labute approximate surface area is 200 Å². The third kappa shape index (κ3) is 7.68. The van der Waals surface area contributed by atoms with Gasteiger partial charge in [0.25, 0.3) is 0 Å². The molecule has 3 rings (SSSR count). The first-order valence-electron chi connectivity index (χ1n) is 11.3. The summed E-state index contributed by atoms with van der Waals surface area (Å²) in [5.74, 6) is -2.51. The number of hydrogen-bond acceptors (Lipinski definition) is 3. The molecule has 0 saturated carbocycles. The first-order chi connectivity index (χ1) is 16.2. The van der Waals surface area contributed by atoms with Gasteiger partial charge in [-0.1, -0.05) is 84.9 Å². The van der Waals surface area contributed by atoms with E-state index in [0.717, 1.165) is 22.3 Å². The average Bonchev–Trinajstić information content (AvgIpc) is 2.84. The highest BCUT2D eigenvalue weighted by atomic mass is 31.2. The molecule has 0 aliphatic rings. The highest BCUT2D eigenvalue weighted by Crippen LogP contribution is 2.43. The molecule has 3 aromatic rings. The van der Waals surface area contributed by atoms with Gasteiger partial charge in [0.05, 0.1) is 5.92 Å². The lowest BCUT2D eigenvalue weighted by atomic mass is 9.97. The zero-order valence-electron chi connectivity index (χ0n) is 19.1. The summed E-state index contributed by atoms with van der Waals surface area (Å²) in [6, 6.07) is 25.9. The zero-order chi connectivity index (χ0) is 24.6. The highest BCUT2D eigenvalue weighted by molar-refractivity contribution is 7.58. The second-order valence-electron chi connectivity index (χ2n) is 8.52. The Balaban J connectivity index is 1.74. The van der Waals surface area contributed by atoms with E-state index in [1.54, 1.807) is 0 Å². The van der Waals surface area contributed by atoms with Gasteiger partial charge in [-0.05, 0) is 42.0 Å². The minimum absolute atomic E-state index is 0.0578. The molecule has 0 radical (unpaired) electrons. The summed E-state index contributed by atoms with van der Waals surface area (Å²) in [7, 11) is -3.64. The van der Waals surface area contributed by atoms with Crippen LogP contribution in [0.3, 0.4) is 0 Å². The maximum Gasteiger partial charge on any atom is 0.325 e. The summed E-state index contributed by atoms with van der Waals surface area (Å²) in [4.78, 5) is 34.8. The van der Waals surface area contributed by atoms with Crippen LogP contribution in [0.5, 0.6) is 0 Å². The van der Waals surface area contributed by atoms with Crippen molar-refractivity contribution in [3.63, 3.8) is 0 Å². The number of carbonyl (C=O) groups excluding carboxylic acids is 1. The number of benzene rings is 3. The average molecular weight is 480 g/mol. The Morgan fingerprint density at radius 3 is 2.00 bits per heavy atom. The van der Waals surface area contributed by atoms with E-state index in [4.69, 9.17) is 5.11 Å². The van der Waals surface area contributed by atoms with E-state index in [9.17, 15) is 19.0 Å². The number of nitrogens with one attached hydrogen (secondary N) is 1. The normalized spacial score (nSPS) is 14.5. The molecule has 2 unspecified atom stereocenters. The molecule has 7 heteroatoms. The lowest BCUT2D eigenvalue weighted by Crippen LogP contribution is -2.43. The second-order valence-corrected chi connectivity index (χ2v) is 11.0. The van der Waals surface area contributed by atoms with E-state index < -0.39 is 31.2 Å². The molecule has 0 saturated heterocycles. The molecule has 3 N–H and O–H groups in total. The van der Waals surface area contributed by atoms with Crippen LogP contribution in [0.1, 0.15) is 18.1 Å². The summed E-state index contributed by atoms with van der Waals surface area (Å²) < 4.78 is 13.0. The van der Waals surface area contributed by atoms with Gasteiger partial charge in [-0.2, -0.15) is 0 Å². The number of aryl methyl sites for hydroxylation is 1. The Morgan fingerprint density at radius 2 is 1.41 bits per heavy atom.